The second-order valence-corrected chi connectivity index (χ2v) is 9.87. The van der Waals surface area contributed by atoms with E-state index < -0.39 is 35.9 Å². The van der Waals surface area contributed by atoms with Crippen LogP contribution < -0.4 is 0 Å². The molecule has 3 aromatic heterocycles. The van der Waals surface area contributed by atoms with Crippen LogP contribution in [0.5, 0.6) is 0 Å². The number of methoxy groups -OCH3 is 1. The Morgan fingerprint density at radius 2 is 2.22 bits per heavy atom. The third-order valence-electron chi connectivity index (χ3n) is 5.61. The first-order valence-electron chi connectivity index (χ1n) is 9.52. The van der Waals surface area contributed by atoms with Crippen molar-refractivity contribution in [2.45, 2.75) is 29.3 Å². The van der Waals surface area contributed by atoms with Gasteiger partial charge in [-0.05, 0) is 17.7 Å². The quantitative estimate of drug-likeness (QED) is 0.350. The summed E-state index contributed by atoms with van der Waals surface area (Å²) in [5.74, 6) is 0. The minimum Gasteiger partial charge on any atom is -0.394 e. The van der Waals surface area contributed by atoms with Crippen molar-refractivity contribution in [2.24, 2.45) is 0 Å². The van der Waals surface area contributed by atoms with Crippen LogP contribution >= 0.6 is 46.9 Å². The molecule has 168 valence electrons. The molecule has 1 aliphatic heterocycles. The molecule has 1 saturated heterocycles. The van der Waals surface area contributed by atoms with Gasteiger partial charge in [-0.2, -0.15) is 0 Å². The van der Waals surface area contributed by atoms with Gasteiger partial charge in [-0.15, -0.1) is 40.4 Å². The lowest BCUT2D eigenvalue weighted by atomic mass is 9.75. The average Bonchev–Trinajstić information content (AvgIpc) is 3.54. The van der Waals surface area contributed by atoms with Crippen LogP contribution in [0.15, 0.2) is 35.3 Å². The van der Waals surface area contributed by atoms with Gasteiger partial charge >= 0.3 is 0 Å². The molecule has 1 aliphatic rings. The summed E-state index contributed by atoms with van der Waals surface area (Å²) in [6.45, 7) is -0.414. The molecule has 1 unspecified atom stereocenters. The molecular formula is C19H18ClN5O4S3. The fourth-order valence-corrected chi connectivity index (χ4v) is 6.30. The number of halogens is 1. The molecule has 0 spiro atoms. The van der Waals surface area contributed by atoms with Gasteiger partial charge in [0, 0.05) is 12.5 Å². The fourth-order valence-electron chi connectivity index (χ4n) is 4.18. The van der Waals surface area contributed by atoms with Gasteiger partial charge in [-0.3, -0.25) is 0 Å². The van der Waals surface area contributed by atoms with Gasteiger partial charge in [0.25, 0.3) is 0 Å². The number of aromatic nitrogens is 5. The first-order valence-corrected chi connectivity index (χ1v) is 12.2. The van der Waals surface area contributed by atoms with Crippen molar-refractivity contribution >= 4 is 57.1 Å². The Bertz CT molecular complexity index is 1250. The standard InChI is InChI=1S/C19H18ClN5O4S3/c1-28-16-18(30)29-12(6-26)15(27)19(16,9-2-3-10-13(4-9)32-8-21-10)25-5-11(23-24-25)17-22-14(20)7-31-17/h2-5,7-8,12,15-16,18,26-27,30H,6H2,1H3/t12-,15+,16+,18-,19?/m1/s1. The number of rotatable bonds is 5. The molecule has 13 heteroatoms. The van der Waals surface area contributed by atoms with Crippen molar-refractivity contribution in [1.29, 1.82) is 0 Å². The Hall–Kier alpha value is -1.64. The van der Waals surface area contributed by atoms with Crippen LogP contribution in [0.2, 0.25) is 5.15 Å². The largest absolute Gasteiger partial charge is 0.394 e. The zero-order valence-corrected chi connectivity index (χ0v) is 19.9. The smallest absolute Gasteiger partial charge is 0.147 e. The lowest BCUT2D eigenvalue weighted by Gasteiger charge is -2.51. The molecule has 0 bridgehead atoms. The molecule has 5 atom stereocenters. The Kier molecular flexibility index (Phi) is 5.97. The average molecular weight is 512 g/mol. The summed E-state index contributed by atoms with van der Waals surface area (Å²) in [4.78, 5) is 8.60. The van der Waals surface area contributed by atoms with Gasteiger partial charge < -0.3 is 19.7 Å². The molecule has 0 radical (unpaired) electrons. The number of nitrogens with zero attached hydrogens (tertiary/aromatic N) is 5. The first-order chi connectivity index (χ1) is 15.5. The minimum atomic E-state index is -1.31. The normalized spacial score (nSPS) is 28.4. The summed E-state index contributed by atoms with van der Waals surface area (Å²) in [5.41, 5.74) is 1.71. The number of fused-ring (bicyclic) bond motifs is 1. The molecule has 4 aromatic rings. The van der Waals surface area contributed by atoms with Crippen LogP contribution in [0.4, 0.5) is 0 Å². The van der Waals surface area contributed by atoms with Crippen molar-refractivity contribution in [3.8, 4) is 10.7 Å². The van der Waals surface area contributed by atoms with Gasteiger partial charge in [0.15, 0.2) is 0 Å². The Balaban J connectivity index is 1.75. The number of aliphatic hydroxyl groups excluding tert-OH is 2. The third kappa shape index (κ3) is 3.37. The molecule has 0 amide bonds. The van der Waals surface area contributed by atoms with Gasteiger partial charge in [-0.25, -0.2) is 14.6 Å². The van der Waals surface area contributed by atoms with Gasteiger partial charge in [0.1, 0.15) is 45.1 Å². The predicted octanol–water partition coefficient (Wildman–Crippen LogP) is 2.43. The zero-order valence-electron chi connectivity index (χ0n) is 16.6. The van der Waals surface area contributed by atoms with E-state index in [1.54, 1.807) is 21.8 Å². The second kappa shape index (κ2) is 8.61. The monoisotopic (exact) mass is 511 g/mol. The number of benzene rings is 1. The number of hydrogen-bond acceptors (Lipinski definition) is 11. The summed E-state index contributed by atoms with van der Waals surface area (Å²) in [5, 5.41) is 32.8. The number of hydrogen-bond donors (Lipinski definition) is 3. The lowest BCUT2D eigenvalue weighted by molar-refractivity contribution is -0.213. The highest BCUT2D eigenvalue weighted by atomic mass is 35.5. The molecule has 1 fully saturated rings. The summed E-state index contributed by atoms with van der Waals surface area (Å²) in [6, 6.07) is 5.67. The van der Waals surface area contributed by atoms with E-state index >= 15 is 0 Å². The first kappa shape index (κ1) is 22.2. The molecule has 0 aliphatic carbocycles. The van der Waals surface area contributed by atoms with E-state index in [-0.39, 0.29) is 0 Å². The van der Waals surface area contributed by atoms with Crippen LogP contribution in [-0.2, 0) is 15.0 Å². The van der Waals surface area contributed by atoms with E-state index in [0.717, 1.165) is 10.2 Å². The van der Waals surface area contributed by atoms with E-state index in [2.05, 4.69) is 32.9 Å². The van der Waals surface area contributed by atoms with E-state index in [9.17, 15) is 10.2 Å². The van der Waals surface area contributed by atoms with Gasteiger partial charge in [0.05, 0.1) is 28.5 Å². The summed E-state index contributed by atoms with van der Waals surface area (Å²) in [7, 11) is 1.52. The van der Waals surface area contributed by atoms with E-state index in [1.165, 1.54) is 29.8 Å². The van der Waals surface area contributed by atoms with Crippen molar-refractivity contribution in [1.82, 2.24) is 25.0 Å². The molecule has 1 aromatic carbocycles. The topological polar surface area (TPSA) is 115 Å². The van der Waals surface area contributed by atoms with Crippen LogP contribution in [0.3, 0.4) is 0 Å². The molecule has 9 nitrogen and oxygen atoms in total. The van der Waals surface area contributed by atoms with E-state index in [4.69, 9.17) is 21.1 Å². The summed E-state index contributed by atoms with van der Waals surface area (Å²) in [6.07, 6.45) is -1.26. The van der Waals surface area contributed by atoms with Crippen LogP contribution in [0.1, 0.15) is 5.56 Å². The molecule has 2 N–H and O–H groups in total. The molecular weight excluding hydrogens is 494 g/mol. The van der Waals surface area contributed by atoms with Crippen LogP contribution in [0.25, 0.3) is 20.9 Å². The van der Waals surface area contributed by atoms with Crippen molar-refractivity contribution in [3.05, 3.63) is 46.0 Å². The molecule has 32 heavy (non-hydrogen) atoms. The zero-order chi connectivity index (χ0) is 22.5. The summed E-state index contributed by atoms with van der Waals surface area (Å²) < 4.78 is 14.1. The molecule has 5 rings (SSSR count). The van der Waals surface area contributed by atoms with Gasteiger partial charge in [-0.1, -0.05) is 22.9 Å². The van der Waals surface area contributed by atoms with Gasteiger partial charge in [0.2, 0.25) is 0 Å². The van der Waals surface area contributed by atoms with Crippen LogP contribution in [0, 0.1) is 0 Å². The molecule has 4 heterocycles. The highest BCUT2D eigenvalue weighted by molar-refractivity contribution is 7.80. The van der Waals surface area contributed by atoms with E-state index in [0.29, 0.717) is 21.4 Å². The van der Waals surface area contributed by atoms with Crippen LogP contribution in [-0.4, -0.2) is 72.6 Å². The van der Waals surface area contributed by atoms with E-state index in [1.807, 2.05) is 18.2 Å². The Labute approximate surface area is 201 Å². The highest BCUT2D eigenvalue weighted by Gasteiger charge is 2.59. The maximum atomic E-state index is 11.6. The third-order valence-corrected chi connectivity index (χ3v) is 7.98. The number of aliphatic hydroxyl groups is 2. The SMILES string of the molecule is CO[C@H]1[C@@H](S)O[C@H](CO)[C@H](O)C1(c1ccc2ncsc2c1)n1cc(-c2nc(Cl)cs2)nn1. The van der Waals surface area contributed by atoms with Crippen molar-refractivity contribution < 1.29 is 19.7 Å². The van der Waals surface area contributed by atoms with Crippen molar-refractivity contribution in [3.63, 3.8) is 0 Å². The summed E-state index contributed by atoms with van der Waals surface area (Å²) >= 11 is 13.4. The Morgan fingerprint density at radius 1 is 1.38 bits per heavy atom. The lowest BCUT2D eigenvalue weighted by Crippen LogP contribution is -2.67. The fraction of sp³-hybridized carbons (Fsp3) is 0.368. The minimum absolute atomic E-state index is 0.363. The highest BCUT2D eigenvalue weighted by Crippen LogP contribution is 2.45. The van der Waals surface area contributed by atoms with Crippen molar-refractivity contribution in [2.75, 3.05) is 13.7 Å². The number of thiol groups is 1. The number of ether oxygens (including phenoxy) is 2. The second-order valence-electron chi connectivity index (χ2n) is 7.23. The maximum Gasteiger partial charge on any atom is 0.147 e. The maximum absolute atomic E-state index is 11.6. The Morgan fingerprint density at radius 3 is 2.94 bits per heavy atom. The predicted molar refractivity (Wildman–Crippen MR) is 124 cm³/mol. The molecule has 0 saturated carbocycles. The number of thiazole rings is 2.